The van der Waals surface area contributed by atoms with Crippen LogP contribution in [0.3, 0.4) is 0 Å². The highest BCUT2D eigenvalue weighted by atomic mass is 35.5. The molecule has 2 aliphatic carbocycles. The second-order valence-electron chi connectivity index (χ2n) is 5.27. The van der Waals surface area contributed by atoms with E-state index in [1.807, 2.05) is 0 Å². The number of halogens is 1. The monoisotopic (exact) mass is 286 g/mol. The van der Waals surface area contributed by atoms with Gasteiger partial charge in [-0.25, -0.2) is 13.1 Å². The van der Waals surface area contributed by atoms with E-state index in [4.69, 9.17) is 11.6 Å². The quantitative estimate of drug-likeness (QED) is 0.903. The van der Waals surface area contributed by atoms with Crippen LogP contribution in [0.4, 0.5) is 0 Å². The Labute approximate surface area is 112 Å². The lowest BCUT2D eigenvalue weighted by Crippen LogP contribution is -2.31. The van der Waals surface area contributed by atoms with E-state index in [1.165, 1.54) is 31.3 Å². The topological polar surface area (TPSA) is 59.1 Å². The zero-order valence-corrected chi connectivity index (χ0v) is 11.5. The van der Waals surface area contributed by atoms with Gasteiger partial charge in [0.2, 0.25) is 10.0 Å². The molecule has 2 fully saturated rings. The van der Waals surface area contributed by atoms with E-state index in [0.717, 1.165) is 18.8 Å². The van der Waals surface area contributed by atoms with Crippen molar-refractivity contribution in [1.82, 2.24) is 9.71 Å². The van der Waals surface area contributed by atoms with Crippen molar-refractivity contribution in [2.24, 2.45) is 11.3 Å². The lowest BCUT2D eigenvalue weighted by Gasteiger charge is -2.15. The van der Waals surface area contributed by atoms with E-state index in [2.05, 4.69) is 9.71 Å². The van der Waals surface area contributed by atoms with Crippen molar-refractivity contribution < 1.29 is 8.42 Å². The number of aromatic nitrogens is 1. The molecule has 1 aromatic heterocycles. The van der Waals surface area contributed by atoms with Crippen LogP contribution in [0, 0.1) is 11.3 Å². The third kappa shape index (κ3) is 2.27. The Balaban J connectivity index is 1.73. The SMILES string of the molecule is O=S(=O)(NCC1(C2CC2)CC1)c1cnccc1Cl. The maximum absolute atomic E-state index is 12.1. The Morgan fingerprint density at radius 3 is 2.72 bits per heavy atom. The molecule has 0 amide bonds. The van der Waals surface area contributed by atoms with Crippen molar-refractivity contribution in [3.63, 3.8) is 0 Å². The van der Waals surface area contributed by atoms with Crippen molar-refractivity contribution in [1.29, 1.82) is 0 Å². The number of sulfonamides is 1. The van der Waals surface area contributed by atoms with E-state index in [1.54, 1.807) is 0 Å². The first-order valence-electron chi connectivity index (χ1n) is 6.13. The predicted molar refractivity (Wildman–Crippen MR) is 68.8 cm³/mol. The molecule has 2 saturated carbocycles. The second-order valence-corrected chi connectivity index (χ2v) is 7.41. The number of rotatable bonds is 5. The highest BCUT2D eigenvalue weighted by Crippen LogP contribution is 2.60. The fourth-order valence-corrected chi connectivity index (χ4v) is 4.03. The largest absolute Gasteiger partial charge is 0.263 e. The summed E-state index contributed by atoms with van der Waals surface area (Å²) in [5.41, 5.74) is 0.238. The van der Waals surface area contributed by atoms with E-state index < -0.39 is 10.0 Å². The molecule has 0 spiro atoms. The average Bonchev–Trinajstić information content (AvgIpc) is 3.19. The van der Waals surface area contributed by atoms with Gasteiger partial charge in [0.25, 0.3) is 0 Å². The van der Waals surface area contributed by atoms with Crippen molar-refractivity contribution >= 4 is 21.6 Å². The van der Waals surface area contributed by atoms with Gasteiger partial charge in [0, 0.05) is 18.9 Å². The third-order valence-corrected chi connectivity index (χ3v) is 5.84. The second kappa shape index (κ2) is 4.18. The molecule has 3 rings (SSSR count). The fourth-order valence-electron chi connectivity index (χ4n) is 2.46. The lowest BCUT2D eigenvalue weighted by atomic mass is 10.0. The molecule has 18 heavy (non-hydrogen) atoms. The van der Waals surface area contributed by atoms with Crippen molar-refractivity contribution in [2.75, 3.05) is 6.54 Å². The van der Waals surface area contributed by atoms with Crippen LogP contribution in [0.5, 0.6) is 0 Å². The van der Waals surface area contributed by atoms with Gasteiger partial charge in [0.05, 0.1) is 5.02 Å². The van der Waals surface area contributed by atoms with E-state index in [-0.39, 0.29) is 15.3 Å². The van der Waals surface area contributed by atoms with Crippen LogP contribution >= 0.6 is 11.6 Å². The molecule has 98 valence electrons. The van der Waals surface area contributed by atoms with Gasteiger partial charge in [0.15, 0.2) is 0 Å². The minimum absolute atomic E-state index is 0.0678. The molecule has 0 aliphatic heterocycles. The molecule has 4 nitrogen and oxygen atoms in total. The van der Waals surface area contributed by atoms with Crippen LogP contribution in [-0.4, -0.2) is 19.9 Å². The number of hydrogen-bond donors (Lipinski definition) is 1. The summed E-state index contributed by atoms with van der Waals surface area (Å²) < 4.78 is 27.0. The standard InChI is InChI=1S/C12H15ClN2O2S/c13-10-3-6-14-7-11(10)18(16,17)15-8-12(4-5-12)9-1-2-9/h3,6-7,9,15H,1-2,4-5,8H2. The molecule has 1 N–H and O–H groups in total. The normalized spacial score (nSPS) is 21.8. The Hall–Kier alpha value is -0.650. The third-order valence-electron chi connectivity index (χ3n) is 3.97. The molecule has 2 aliphatic rings. The van der Waals surface area contributed by atoms with Crippen LogP contribution in [0.2, 0.25) is 5.02 Å². The molecule has 0 saturated heterocycles. The average molecular weight is 287 g/mol. The molecular weight excluding hydrogens is 272 g/mol. The lowest BCUT2D eigenvalue weighted by molar-refractivity contribution is 0.432. The first-order valence-corrected chi connectivity index (χ1v) is 7.99. The molecule has 0 aromatic carbocycles. The van der Waals surface area contributed by atoms with Crippen molar-refractivity contribution in [2.45, 2.75) is 30.6 Å². The highest BCUT2D eigenvalue weighted by Gasteiger charge is 2.53. The molecule has 0 radical (unpaired) electrons. The first-order chi connectivity index (χ1) is 8.54. The number of nitrogens with one attached hydrogen (secondary N) is 1. The van der Waals surface area contributed by atoms with Gasteiger partial charge < -0.3 is 0 Å². The molecule has 1 aromatic rings. The van der Waals surface area contributed by atoms with Crippen LogP contribution in [0.1, 0.15) is 25.7 Å². The van der Waals surface area contributed by atoms with Gasteiger partial charge in [-0.2, -0.15) is 0 Å². The predicted octanol–water partition coefficient (Wildman–Crippen LogP) is 2.20. The van der Waals surface area contributed by atoms with Gasteiger partial charge >= 0.3 is 0 Å². The van der Waals surface area contributed by atoms with E-state index in [9.17, 15) is 8.42 Å². The maximum Gasteiger partial charge on any atom is 0.243 e. The van der Waals surface area contributed by atoms with Crippen LogP contribution in [0.15, 0.2) is 23.4 Å². The Morgan fingerprint density at radius 1 is 1.44 bits per heavy atom. The first kappa shape index (κ1) is 12.4. The van der Waals surface area contributed by atoms with Crippen LogP contribution < -0.4 is 4.72 Å². The van der Waals surface area contributed by atoms with Crippen LogP contribution in [0.25, 0.3) is 0 Å². The van der Waals surface area contributed by atoms with Crippen molar-refractivity contribution in [3.8, 4) is 0 Å². The summed E-state index contributed by atoms with van der Waals surface area (Å²) in [5.74, 6) is 0.726. The smallest absolute Gasteiger partial charge is 0.243 e. The maximum atomic E-state index is 12.1. The summed E-state index contributed by atoms with van der Waals surface area (Å²) in [6.45, 7) is 0.533. The zero-order chi connectivity index (χ0) is 12.8. The summed E-state index contributed by atoms with van der Waals surface area (Å²) in [7, 11) is -3.53. The molecule has 0 bridgehead atoms. The van der Waals surface area contributed by atoms with Crippen LogP contribution in [-0.2, 0) is 10.0 Å². The van der Waals surface area contributed by atoms with Gasteiger partial charge in [0.1, 0.15) is 4.90 Å². The summed E-state index contributed by atoms with van der Waals surface area (Å²) in [4.78, 5) is 3.88. The summed E-state index contributed by atoms with van der Waals surface area (Å²) in [5, 5.41) is 0.216. The van der Waals surface area contributed by atoms with E-state index >= 15 is 0 Å². The summed E-state index contributed by atoms with van der Waals surface area (Å²) in [6.07, 6.45) is 7.54. The molecule has 0 atom stereocenters. The van der Waals surface area contributed by atoms with Gasteiger partial charge in [-0.3, -0.25) is 4.98 Å². The van der Waals surface area contributed by atoms with Gasteiger partial charge in [-0.15, -0.1) is 0 Å². The molecule has 1 heterocycles. The molecular formula is C12H15ClN2O2S. The zero-order valence-electron chi connectivity index (χ0n) is 9.89. The molecule has 6 heteroatoms. The number of nitrogens with zero attached hydrogens (tertiary/aromatic N) is 1. The Kier molecular flexibility index (Phi) is 2.88. The Morgan fingerprint density at radius 2 is 2.17 bits per heavy atom. The summed E-state index contributed by atoms with van der Waals surface area (Å²) >= 11 is 5.89. The summed E-state index contributed by atoms with van der Waals surface area (Å²) in [6, 6.07) is 1.49. The highest BCUT2D eigenvalue weighted by molar-refractivity contribution is 7.89. The minimum atomic E-state index is -3.53. The number of pyridine rings is 1. The van der Waals surface area contributed by atoms with Gasteiger partial charge in [-0.1, -0.05) is 11.6 Å². The fraction of sp³-hybridized carbons (Fsp3) is 0.583. The minimum Gasteiger partial charge on any atom is -0.263 e. The molecule has 0 unspecified atom stereocenters. The van der Waals surface area contributed by atoms with Gasteiger partial charge in [-0.05, 0) is 43.1 Å². The Bertz CT molecular complexity index is 565. The van der Waals surface area contributed by atoms with E-state index in [0.29, 0.717) is 6.54 Å². The number of hydrogen-bond acceptors (Lipinski definition) is 3. The van der Waals surface area contributed by atoms with Crippen molar-refractivity contribution in [3.05, 3.63) is 23.5 Å².